The van der Waals surface area contributed by atoms with E-state index in [0.29, 0.717) is 18.2 Å². The summed E-state index contributed by atoms with van der Waals surface area (Å²) in [6.07, 6.45) is 7.16. The van der Waals surface area contributed by atoms with E-state index >= 15 is 0 Å². The Morgan fingerprint density at radius 3 is 2.66 bits per heavy atom. The Morgan fingerprint density at radius 1 is 1.29 bits per heavy atom. The van der Waals surface area contributed by atoms with Gasteiger partial charge >= 0.3 is 0 Å². The van der Waals surface area contributed by atoms with Crippen molar-refractivity contribution in [3.05, 3.63) is 74.5 Å². The number of rotatable bonds is 16. The van der Waals surface area contributed by atoms with E-state index < -0.39 is 0 Å². The molecule has 1 heterocycles. The summed E-state index contributed by atoms with van der Waals surface area (Å²) in [5.74, 6) is 2.64. The molecule has 0 aliphatic carbocycles. The summed E-state index contributed by atoms with van der Waals surface area (Å²) in [7, 11) is 2.72. The number of hydrogen-bond donors (Lipinski definition) is 2. The number of benzene rings is 1. The second-order valence-electron chi connectivity index (χ2n) is 10.2. The topological polar surface area (TPSA) is 53.5 Å². The second-order valence-corrected chi connectivity index (χ2v) is 11.3. The van der Waals surface area contributed by atoms with Gasteiger partial charge in [-0.15, -0.1) is 11.3 Å². The number of thiophene rings is 1. The molecule has 1 aromatic heterocycles. The smallest absolute Gasteiger partial charge is 0.156 e. The Morgan fingerprint density at radius 2 is 2.05 bits per heavy atom. The third-order valence-corrected chi connectivity index (χ3v) is 8.40. The molecule has 0 saturated heterocycles. The van der Waals surface area contributed by atoms with Crippen LogP contribution < -0.4 is 10.6 Å². The first-order valence-corrected chi connectivity index (χ1v) is 14.8. The van der Waals surface area contributed by atoms with Crippen LogP contribution in [0.4, 0.5) is 0 Å². The molecule has 2 rings (SSSR count). The van der Waals surface area contributed by atoms with Gasteiger partial charge < -0.3 is 10.6 Å². The summed E-state index contributed by atoms with van der Waals surface area (Å²) in [6, 6.07) is 10.7. The predicted octanol–water partition coefficient (Wildman–Crippen LogP) is 6.84. The van der Waals surface area contributed by atoms with Gasteiger partial charge in [-0.1, -0.05) is 82.3 Å². The van der Waals surface area contributed by atoms with Gasteiger partial charge in [0.1, 0.15) is 5.70 Å². The Labute approximate surface area is 235 Å². The Hall–Kier alpha value is -2.82. The number of aryl methyl sites for hydroxylation is 2. The zero-order chi connectivity index (χ0) is 28.1. The molecule has 2 N–H and O–H groups in total. The van der Waals surface area contributed by atoms with Crippen LogP contribution in [0.2, 0.25) is 6.82 Å². The molecule has 0 saturated carbocycles. The van der Waals surface area contributed by atoms with E-state index in [-0.39, 0.29) is 6.04 Å². The molecule has 38 heavy (non-hydrogen) atoms. The zero-order valence-corrected chi connectivity index (χ0v) is 25.4. The summed E-state index contributed by atoms with van der Waals surface area (Å²) in [4.78, 5) is 18.7. The van der Waals surface area contributed by atoms with Crippen LogP contribution in [0, 0.1) is 12.8 Å². The van der Waals surface area contributed by atoms with Crippen molar-refractivity contribution in [2.24, 2.45) is 10.9 Å². The van der Waals surface area contributed by atoms with E-state index in [4.69, 9.17) is 0 Å². The van der Waals surface area contributed by atoms with Crippen molar-refractivity contribution in [1.29, 1.82) is 0 Å². The maximum Gasteiger partial charge on any atom is 0.156 e. The minimum Gasteiger partial charge on any atom is -0.387 e. The minimum atomic E-state index is 0.00840. The summed E-state index contributed by atoms with van der Waals surface area (Å²) in [5.41, 5.74) is 7.69. The van der Waals surface area contributed by atoms with E-state index in [2.05, 4.69) is 99.9 Å². The van der Waals surface area contributed by atoms with E-state index in [1.54, 1.807) is 11.3 Å². The Kier molecular flexibility index (Phi) is 13.4. The van der Waals surface area contributed by atoms with Crippen molar-refractivity contribution in [2.45, 2.75) is 79.6 Å². The molecule has 204 valence electrons. The SMILES string of the molecule is C=C(NCC(Cc1cccc(C)c1)NC(=C=O)c1cc(/C(C)=C(BC)/C=N\C)c(CC)s1)C(C)CCCC. The van der Waals surface area contributed by atoms with Crippen molar-refractivity contribution in [3.8, 4) is 0 Å². The number of unbranched alkanes of at least 4 members (excludes halogenated alkanes) is 1. The molecule has 2 atom stereocenters. The fourth-order valence-corrected chi connectivity index (χ4v) is 5.79. The third kappa shape index (κ3) is 9.18. The zero-order valence-electron chi connectivity index (χ0n) is 24.5. The first kappa shape index (κ1) is 31.4. The van der Waals surface area contributed by atoms with Crippen LogP contribution in [0.25, 0.3) is 11.3 Å². The second kappa shape index (κ2) is 16.2. The van der Waals surface area contributed by atoms with E-state index in [1.165, 1.54) is 45.5 Å². The minimum absolute atomic E-state index is 0.00840. The highest BCUT2D eigenvalue weighted by atomic mass is 32.1. The number of nitrogens with zero attached hydrogens (tertiary/aromatic N) is 1. The van der Waals surface area contributed by atoms with Crippen LogP contribution in [0.1, 0.15) is 73.4 Å². The molecule has 2 unspecified atom stereocenters. The molecule has 0 bridgehead atoms. The lowest BCUT2D eigenvalue weighted by Crippen LogP contribution is -2.40. The maximum atomic E-state index is 12.3. The van der Waals surface area contributed by atoms with Crippen LogP contribution in [0.15, 0.2) is 53.1 Å². The highest BCUT2D eigenvalue weighted by Gasteiger charge is 2.19. The summed E-state index contributed by atoms with van der Waals surface area (Å²) >= 11 is 1.68. The molecule has 0 spiro atoms. The van der Waals surface area contributed by atoms with E-state index in [1.807, 2.05) is 13.3 Å². The average Bonchev–Trinajstić information content (AvgIpc) is 3.35. The number of aliphatic imine (C=N–C) groups is 1. The van der Waals surface area contributed by atoms with Gasteiger partial charge in [-0.2, -0.15) is 0 Å². The monoisotopic (exact) mass is 531 g/mol. The Balaban J connectivity index is 2.34. The molecule has 0 radical (unpaired) electrons. The van der Waals surface area contributed by atoms with E-state index in [9.17, 15) is 4.79 Å². The van der Waals surface area contributed by atoms with Crippen molar-refractivity contribution < 1.29 is 4.79 Å². The van der Waals surface area contributed by atoms with Gasteiger partial charge in [-0.3, -0.25) is 4.99 Å². The molecule has 0 aliphatic heterocycles. The van der Waals surface area contributed by atoms with Gasteiger partial charge in [0.2, 0.25) is 0 Å². The maximum absolute atomic E-state index is 12.3. The number of allylic oxidation sites excluding steroid dienone is 3. The molecule has 2 aromatic rings. The van der Waals surface area contributed by atoms with Crippen molar-refractivity contribution in [2.75, 3.05) is 13.6 Å². The van der Waals surface area contributed by atoms with E-state index in [0.717, 1.165) is 37.1 Å². The quantitative estimate of drug-likeness (QED) is 0.142. The molecule has 1 aromatic carbocycles. The van der Waals surface area contributed by atoms with Crippen molar-refractivity contribution in [1.82, 2.24) is 10.6 Å². The predicted molar refractivity (Wildman–Crippen MR) is 170 cm³/mol. The lowest BCUT2D eigenvalue weighted by Gasteiger charge is -2.24. The number of hydrogen-bond acceptors (Lipinski definition) is 5. The van der Waals surface area contributed by atoms with Crippen LogP contribution in [-0.2, 0) is 17.6 Å². The lowest BCUT2D eigenvalue weighted by molar-refractivity contribution is 0.498. The average molecular weight is 532 g/mol. The largest absolute Gasteiger partial charge is 0.387 e. The van der Waals surface area contributed by atoms with Crippen LogP contribution in [0.3, 0.4) is 0 Å². The van der Waals surface area contributed by atoms with Gasteiger partial charge in [0.05, 0.1) is 4.88 Å². The fourth-order valence-electron chi connectivity index (χ4n) is 4.68. The van der Waals surface area contributed by atoms with Crippen molar-refractivity contribution in [3.63, 3.8) is 0 Å². The molecule has 0 aliphatic rings. The highest BCUT2D eigenvalue weighted by molar-refractivity contribution is 7.13. The van der Waals surface area contributed by atoms with Crippen molar-refractivity contribution >= 4 is 42.0 Å². The molecular weight excluding hydrogens is 485 g/mol. The number of carbonyl (C=O) groups excluding carboxylic acids is 1. The highest BCUT2D eigenvalue weighted by Crippen LogP contribution is 2.33. The van der Waals surface area contributed by atoms with Gasteiger partial charge in [0, 0.05) is 36.4 Å². The summed E-state index contributed by atoms with van der Waals surface area (Å²) < 4.78 is 0. The molecule has 6 heteroatoms. The standard InChI is InChI=1S/C32H46BN3OS/c1-9-11-14-23(4)25(6)35-19-27(17-26-15-12-13-22(3)16-26)36-30(21-37)32-18-28(31(10-2)38-32)24(5)29(33-7)20-34-8/h12-13,15-16,18,20,23,27,33,35-36H,6,9-11,14,17,19H2,1-5,7-8H3/b29-24-,34-20-. The van der Waals surface area contributed by atoms with Gasteiger partial charge in [-0.25, -0.2) is 4.79 Å². The first-order chi connectivity index (χ1) is 18.3. The fraction of sp³-hybridized carbons (Fsp3) is 0.469. The van der Waals surface area contributed by atoms with Gasteiger partial charge in [0.15, 0.2) is 13.2 Å². The van der Waals surface area contributed by atoms with Crippen LogP contribution >= 0.6 is 11.3 Å². The molecule has 4 nitrogen and oxygen atoms in total. The Bertz CT molecular complexity index is 1170. The van der Waals surface area contributed by atoms with Gasteiger partial charge in [0.25, 0.3) is 0 Å². The molecule has 0 fully saturated rings. The third-order valence-electron chi connectivity index (χ3n) is 7.10. The van der Waals surface area contributed by atoms with Gasteiger partial charge in [-0.05, 0) is 61.8 Å². The van der Waals surface area contributed by atoms with Crippen LogP contribution in [0.5, 0.6) is 0 Å². The first-order valence-electron chi connectivity index (χ1n) is 14.0. The number of nitrogens with one attached hydrogen (secondary N) is 2. The normalized spacial score (nSPS) is 13.4. The molecule has 0 amide bonds. The lowest BCUT2D eigenvalue weighted by atomic mass is 9.70. The summed E-state index contributed by atoms with van der Waals surface area (Å²) in [6.45, 7) is 18.0. The van der Waals surface area contributed by atoms with Crippen LogP contribution in [-0.4, -0.2) is 39.1 Å². The molecular formula is C32H46BN3OS. The summed E-state index contributed by atoms with van der Waals surface area (Å²) in [5, 5.41) is 7.13.